The molecular formula is C16H17FO2. The zero-order chi connectivity index (χ0) is 13.7. The van der Waals surface area contributed by atoms with Crippen LogP contribution in [0.3, 0.4) is 0 Å². The van der Waals surface area contributed by atoms with Crippen LogP contribution in [0, 0.1) is 5.82 Å². The summed E-state index contributed by atoms with van der Waals surface area (Å²) in [5.41, 5.74) is 1.99. The van der Waals surface area contributed by atoms with Crippen LogP contribution in [0.4, 0.5) is 4.39 Å². The highest BCUT2D eigenvalue weighted by molar-refractivity contribution is 5.26. The van der Waals surface area contributed by atoms with Crippen LogP contribution in [0.5, 0.6) is 5.75 Å². The SMILES string of the molecule is CCc1ccc(C(O)COc2ccccc2F)cc1. The minimum absolute atomic E-state index is 0.0341. The highest BCUT2D eigenvalue weighted by Gasteiger charge is 2.10. The molecular weight excluding hydrogens is 243 g/mol. The number of aryl methyl sites for hydroxylation is 1. The number of benzene rings is 2. The summed E-state index contributed by atoms with van der Waals surface area (Å²) in [7, 11) is 0. The Bertz CT molecular complexity index is 523. The highest BCUT2D eigenvalue weighted by Crippen LogP contribution is 2.19. The number of aliphatic hydroxyl groups excluding tert-OH is 1. The van der Waals surface area contributed by atoms with Gasteiger partial charge in [0, 0.05) is 0 Å². The lowest BCUT2D eigenvalue weighted by molar-refractivity contribution is 0.106. The maximum absolute atomic E-state index is 13.3. The number of rotatable bonds is 5. The summed E-state index contributed by atoms with van der Waals surface area (Å²) in [6.07, 6.45) is 0.202. The number of hydrogen-bond donors (Lipinski definition) is 1. The predicted molar refractivity (Wildman–Crippen MR) is 72.7 cm³/mol. The standard InChI is InChI=1S/C16H17FO2/c1-2-12-7-9-13(10-8-12)15(18)11-19-16-6-4-3-5-14(16)17/h3-10,15,18H,2,11H2,1H3. The van der Waals surface area contributed by atoms with Crippen molar-refractivity contribution in [3.8, 4) is 5.75 Å². The third-order valence-corrected chi connectivity index (χ3v) is 3.01. The fourth-order valence-corrected chi connectivity index (χ4v) is 1.80. The first-order valence-electron chi connectivity index (χ1n) is 6.35. The van der Waals surface area contributed by atoms with Gasteiger partial charge in [-0.2, -0.15) is 0 Å². The zero-order valence-corrected chi connectivity index (χ0v) is 10.8. The van der Waals surface area contributed by atoms with E-state index in [9.17, 15) is 9.50 Å². The largest absolute Gasteiger partial charge is 0.487 e. The molecule has 0 aliphatic rings. The van der Waals surface area contributed by atoms with Crippen molar-refractivity contribution in [2.75, 3.05) is 6.61 Å². The third-order valence-electron chi connectivity index (χ3n) is 3.01. The topological polar surface area (TPSA) is 29.5 Å². The smallest absolute Gasteiger partial charge is 0.165 e. The maximum atomic E-state index is 13.3. The molecule has 19 heavy (non-hydrogen) atoms. The van der Waals surface area contributed by atoms with E-state index in [1.54, 1.807) is 18.2 Å². The molecule has 0 amide bonds. The summed E-state index contributed by atoms with van der Waals surface area (Å²) in [5.74, 6) is -0.261. The Balaban J connectivity index is 1.97. The number of ether oxygens (including phenoxy) is 1. The van der Waals surface area contributed by atoms with Gasteiger partial charge in [-0.05, 0) is 29.7 Å². The fourth-order valence-electron chi connectivity index (χ4n) is 1.80. The summed E-state index contributed by atoms with van der Waals surface area (Å²) >= 11 is 0. The minimum Gasteiger partial charge on any atom is -0.487 e. The van der Waals surface area contributed by atoms with Crippen molar-refractivity contribution in [3.05, 3.63) is 65.5 Å². The average molecular weight is 260 g/mol. The van der Waals surface area contributed by atoms with Crippen molar-refractivity contribution in [2.24, 2.45) is 0 Å². The molecule has 0 bridgehead atoms. The Morgan fingerprint density at radius 2 is 1.79 bits per heavy atom. The van der Waals surface area contributed by atoms with Gasteiger partial charge in [-0.3, -0.25) is 0 Å². The normalized spacial score (nSPS) is 12.2. The molecule has 0 aliphatic heterocycles. The Hall–Kier alpha value is -1.87. The summed E-state index contributed by atoms with van der Waals surface area (Å²) in [4.78, 5) is 0. The number of hydrogen-bond acceptors (Lipinski definition) is 2. The van der Waals surface area contributed by atoms with Crippen molar-refractivity contribution in [3.63, 3.8) is 0 Å². The molecule has 2 aromatic carbocycles. The van der Waals surface area contributed by atoms with Crippen molar-refractivity contribution >= 4 is 0 Å². The van der Waals surface area contributed by atoms with Crippen molar-refractivity contribution in [1.82, 2.24) is 0 Å². The van der Waals surface area contributed by atoms with E-state index in [4.69, 9.17) is 4.74 Å². The van der Waals surface area contributed by atoms with E-state index in [0.29, 0.717) is 0 Å². The molecule has 100 valence electrons. The first kappa shape index (κ1) is 13.6. The van der Waals surface area contributed by atoms with Crippen LogP contribution in [0.25, 0.3) is 0 Å². The zero-order valence-electron chi connectivity index (χ0n) is 10.8. The van der Waals surface area contributed by atoms with Crippen LogP contribution in [0.15, 0.2) is 48.5 Å². The van der Waals surface area contributed by atoms with Crippen LogP contribution in [-0.2, 0) is 6.42 Å². The van der Waals surface area contributed by atoms with E-state index in [-0.39, 0.29) is 12.4 Å². The number of para-hydroxylation sites is 1. The number of aliphatic hydroxyl groups is 1. The van der Waals surface area contributed by atoms with Crippen LogP contribution >= 0.6 is 0 Å². The van der Waals surface area contributed by atoms with Crippen molar-refractivity contribution in [2.45, 2.75) is 19.4 Å². The molecule has 2 aromatic rings. The monoisotopic (exact) mass is 260 g/mol. The molecule has 0 saturated heterocycles. The van der Waals surface area contributed by atoms with Gasteiger partial charge in [0.25, 0.3) is 0 Å². The van der Waals surface area contributed by atoms with Gasteiger partial charge in [-0.25, -0.2) is 4.39 Å². The first-order valence-corrected chi connectivity index (χ1v) is 6.35. The fraction of sp³-hybridized carbons (Fsp3) is 0.250. The van der Waals surface area contributed by atoms with Gasteiger partial charge in [0.15, 0.2) is 11.6 Å². The predicted octanol–water partition coefficient (Wildman–Crippen LogP) is 3.50. The molecule has 0 radical (unpaired) electrons. The minimum atomic E-state index is -0.759. The highest BCUT2D eigenvalue weighted by atomic mass is 19.1. The Morgan fingerprint density at radius 3 is 2.42 bits per heavy atom. The summed E-state index contributed by atoms with van der Waals surface area (Å²) in [6, 6.07) is 13.9. The van der Waals surface area contributed by atoms with E-state index in [2.05, 4.69) is 6.92 Å². The van der Waals surface area contributed by atoms with Gasteiger partial charge in [-0.15, -0.1) is 0 Å². The van der Waals surface area contributed by atoms with Crippen molar-refractivity contribution < 1.29 is 14.2 Å². The maximum Gasteiger partial charge on any atom is 0.165 e. The molecule has 0 saturated carbocycles. The molecule has 2 rings (SSSR count). The lowest BCUT2D eigenvalue weighted by Gasteiger charge is -2.13. The third kappa shape index (κ3) is 3.55. The van der Waals surface area contributed by atoms with E-state index in [0.717, 1.165) is 12.0 Å². The molecule has 1 unspecified atom stereocenters. The van der Waals surface area contributed by atoms with E-state index < -0.39 is 11.9 Å². The molecule has 2 nitrogen and oxygen atoms in total. The molecule has 1 N–H and O–H groups in total. The van der Waals surface area contributed by atoms with E-state index in [1.807, 2.05) is 24.3 Å². The first-order chi connectivity index (χ1) is 9.20. The Kier molecular flexibility index (Phi) is 4.53. The molecule has 0 aliphatic carbocycles. The average Bonchev–Trinajstić information content (AvgIpc) is 2.46. The van der Waals surface area contributed by atoms with Crippen LogP contribution < -0.4 is 4.74 Å². The molecule has 3 heteroatoms. The van der Waals surface area contributed by atoms with Gasteiger partial charge in [0.2, 0.25) is 0 Å². The van der Waals surface area contributed by atoms with Gasteiger partial charge in [-0.1, -0.05) is 43.3 Å². The quantitative estimate of drug-likeness (QED) is 0.891. The lowest BCUT2D eigenvalue weighted by Crippen LogP contribution is -2.10. The van der Waals surface area contributed by atoms with Gasteiger partial charge >= 0.3 is 0 Å². The van der Waals surface area contributed by atoms with Crippen molar-refractivity contribution in [1.29, 1.82) is 0 Å². The molecule has 0 heterocycles. The van der Waals surface area contributed by atoms with Crippen LogP contribution in [0.2, 0.25) is 0 Å². The molecule has 0 aromatic heterocycles. The summed E-state index contributed by atoms with van der Waals surface area (Å²) in [5, 5.41) is 9.99. The second kappa shape index (κ2) is 6.34. The second-order valence-electron chi connectivity index (χ2n) is 4.35. The summed E-state index contributed by atoms with van der Waals surface area (Å²) < 4.78 is 18.6. The van der Waals surface area contributed by atoms with Crippen LogP contribution in [-0.4, -0.2) is 11.7 Å². The molecule has 0 spiro atoms. The lowest BCUT2D eigenvalue weighted by atomic mass is 10.1. The molecule has 1 atom stereocenters. The summed E-state index contributed by atoms with van der Waals surface area (Å²) in [6.45, 7) is 2.11. The van der Waals surface area contributed by atoms with Crippen LogP contribution in [0.1, 0.15) is 24.2 Å². The Labute approximate surface area is 112 Å². The Morgan fingerprint density at radius 1 is 1.11 bits per heavy atom. The van der Waals surface area contributed by atoms with Gasteiger partial charge in [0.1, 0.15) is 12.7 Å². The second-order valence-corrected chi connectivity index (χ2v) is 4.35. The van der Waals surface area contributed by atoms with Gasteiger partial charge in [0.05, 0.1) is 0 Å². The number of halogens is 1. The van der Waals surface area contributed by atoms with Gasteiger partial charge < -0.3 is 9.84 Å². The molecule has 0 fully saturated rings. The van der Waals surface area contributed by atoms with E-state index in [1.165, 1.54) is 11.6 Å². The van der Waals surface area contributed by atoms with E-state index >= 15 is 0 Å².